The van der Waals surface area contributed by atoms with E-state index in [0.29, 0.717) is 23.9 Å². The average Bonchev–Trinajstić information content (AvgIpc) is 3.48. The summed E-state index contributed by atoms with van der Waals surface area (Å²) in [5.74, 6) is 2.99. The summed E-state index contributed by atoms with van der Waals surface area (Å²) in [4.78, 5) is 25.0. The van der Waals surface area contributed by atoms with E-state index in [1.54, 1.807) is 10.3 Å². The van der Waals surface area contributed by atoms with Gasteiger partial charge in [0.1, 0.15) is 5.82 Å². The van der Waals surface area contributed by atoms with Gasteiger partial charge in [-0.25, -0.2) is 14.8 Å². The molecule has 1 N–H and O–H groups in total. The molecule has 1 saturated heterocycles. The second-order valence-corrected chi connectivity index (χ2v) is 8.10. The fourth-order valence-corrected chi connectivity index (χ4v) is 4.35. The van der Waals surface area contributed by atoms with Crippen LogP contribution in [0.3, 0.4) is 0 Å². The van der Waals surface area contributed by atoms with Crippen LogP contribution >= 0.6 is 11.3 Å². The van der Waals surface area contributed by atoms with E-state index in [-0.39, 0.29) is 6.03 Å². The number of benzene rings is 1. The largest absolute Gasteiger partial charge is 0.368 e. The van der Waals surface area contributed by atoms with Crippen LogP contribution in [-0.2, 0) is 0 Å². The smallest absolute Gasteiger partial charge is 0.323 e. The molecule has 0 saturated carbocycles. The number of aromatic nitrogens is 3. The lowest BCUT2D eigenvalue weighted by molar-refractivity contribution is 0.208. The number of urea groups is 1. The predicted molar refractivity (Wildman–Crippen MR) is 123 cm³/mol. The quantitative estimate of drug-likeness (QED) is 0.504. The highest BCUT2D eigenvalue weighted by Crippen LogP contribution is 2.27. The van der Waals surface area contributed by atoms with Crippen molar-refractivity contribution in [3.05, 3.63) is 65.5 Å². The predicted octanol–water partition coefficient (Wildman–Crippen LogP) is 3.79. The van der Waals surface area contributed by atoms with Crippen molar-refractivity contribution in [2.45, 2.75) is 0 Å². The summed E-state index contributed by atoms with van der Waals surface area (Å²) in [6.07, 6.45) is 11.0. The first-order valence-electron chi connectivity index (χ1n) is 9.95. The van der Waals surface area contributed by atoms with Crippen molar-refractivity contribution in [3.63, 3.8) is 0 Å². The average molecular weight is 429 g/mol. The zero-order valence-corrected chi connectivity index (χ0v) is 17.5. The first kappa shape index (κ1) is 19.2. The molecule has 3 aromatic heterocycles. The SMILES string of the molecule is C#Cc1nc(NC(=O)N2CCN(c3ccc(-c4cccn5cncc45)cc3)CC2)cs1. The molecule has 1 aliphatic rings. The number of terminal acetylenes is 1. The van der Waals surface area contributed by atoms with E-state index >= 15 is 0 Å². The summed E-state index contributed by atoms with van der Waals surface area (Å²) >= 11 is 1.34. The van der Waals surface area contributed by atoms with Crippen LogP contribution in [0.2, 0.25) is 0 Å². The maximum Gasteiger partial charge on any atom is 0.323 e. The number of carbonyl (C=O) groups is 1. The Bertz CT molecular complexity index is 1260. The second-order valence-electron chi connectivity index (χ2n) is 7.24. The molecule has 154 valence electrons. The van der Waals surface area contributed by atoms with Crippen molar-refractivity contribution in [1.82, 2.24) is 19.3 Å². The van der Waals surface area contributed by atoms with Crippen LogP contribution in [0.15, 0.2) is 60.5 Å². The molecule has 7 nitrogen and oxygen atoms in total. The lowest BCUT2D eigenvalue weighted by Crippen LogP contribution is -2.50. The van der Waals surface area contributed by atoms with Crippen molar-refractivity contribution >= 4 is 34.4 Å². The summed E-state index contributed by atoms with van der Waals surface area (Å²) in [5.41, 5.74) is 4.55. The summed E-state index contributed by atoms with van der Waals surface area (Å²) in [5, 5.41) is 5.15. The number of piperazine rings is 1. The van der Waals surface area contributed by atoms with Crippen molar-refractivity contribution in [3.8, 4) is 23.5 Å². The highest BCUT2D eigenvalue weighted by Gasteiger charge is 2.22. The molecule has 0 bridgehead atoms. The van der Waals surface area contributed by atoms with Gasteiger partial charge in [0.05, 0.1) is 18.0 Å². The Morgan fingerprint density at radius 3 is 2.68 bits per heavy atom. The zero-order valence-electron chi connectivity index (χ0n) is 16.7. The molecular formula is C23H20N6OS. The molecule has 0 unspecified atom stereocenters. The number of thiazole rings is 1. The van der Waals surface area contributed by atoms with Gasteiger partial charge in [-0.2, -0.15) is 0 Å². The molecule has 1 aromatic carbocycles. The van der Waals surface area contributed by atoms with Gasteiger partial charge < -0.3 is 14.2 Å². The van der Waals surface area contributed by atoms with Gasteiger partial charge >= 0.3 is 6.03 Å². The number of pyridine rings is 1. The lowest BCUT2D eigenvalue weighted by atomic mass is 10.1. The maximum atomic E-state index is 12.5. The van der Waals surface area contributed by atoms with Gasteiger partial charge in [0, 0.05) is 49.0 Å². The van der Waals surface area contributed by atoms with Gasteiger partial charge in [-0.15, -0.1) is 17.8 Å². The number of hydrogen-bond acceptors (Lipinski definition) is 5. The number of nitrogens with one attached hydrogen (secondary N) is 1. The molecule has 2 amide bonds. The molecule has 8 heteroatoms. The normalized spacial score (nSPS) is 13.9. The first-order valence-corrected chi connectivity index (χ1v) is 10.8. The third-order valence-corrected chi connectivity index (χ3v) is 6.20. The maximum absolute atomic E-state index is 12.5. The van der Waals surface area contributed by atoms with Crippen molar-refractivity contribution in [2.75, 3.05) is 36.4 Å². The zero-order chi connectivity index (χ0) is 21.2. The number of hydrogen-bond donors (Lipinski definition) is 1. The Hall–Kier alpha value is -3.83. The molecule has 4 aromatic rings. The van der Waals surface area contributed by atoms with Crippen LogP contribution in [0.1, 0.15) is 5.01 Å². The Kier molecular flexibility index (Phi) is 5.02. The van der Waals surface area contributed by atoms with Crippen molar-refractivity contribution < 1.29 is 4.79 Å². The summed E-state index contributed by atoms with van der Waals surface area (Å²) in [7, 11) is 0. The van der Waals surface area contributed by atoms with E-state index < -0.39 is 0 Å². The van der Waals surface area contributed by atoms with Crippen LogP contribution in [0.5, 0.6) is 0 Å². The van der Waals surface area contributed by atoms with Gasteiger partial charge in [0.2, 0.25) is 0 Å². The number of nitrogens with zero attached hydrogens (tertiary/aromatic N) is 5. The van der Waals surface area contributed by atoms with Gasteiger partial charge in [-0.1, -0.05) is 18.2 Å². The summed E-state index contributed by atoms with van der Waals surface area (Å²) in [6.45, 7) is 2.85. The fourth-order valence-electron chi connectivity index (χ4n) is 3.80. The number of fused-ring (bicyclic) bond motifs is 1. The Labute approximate surface area is 184 Å². The van der Waals surface area contributed by atoms with Crippen LogP contribution < -0.4 is 10.2 Å². The van der Waals surface area contributed by atoms with E-state index in [0.717, 1.165) is 35.4 Å². The van der Waals surface area contributed by atoms with Gasteiger partial charge in [0.15, 0.2) is 5.01 Å². The Morgan fingerprint density at radius 1 is 1.13 bits per heavy atom. The van der Waals surface area contributed by atoms with Crippen molar-refractivity contribution in [2.24, 2.45) is 0 Å². The molecule has 1 fully saturated rings. The lowest BCUT2D eigenvalue weighted by Gasteiger charge is -2.36. The minimum absolute atomic E-state index is 0.141. The Morgan fingerprint density at radius 2 is 1.94 bits per heavy atom. The standard InChI is InChI=1S/C23H20N6OS/c1-2-22-25-21(15-31-22)26-23(30)28-12-10-27(11-13-28)18-7-5-17(6-8-18)19-4-3-9-29-16-24-14-20(19)29/h1,3-9,14-16H,10-13H2,(H,26,30). The molecule has 0 aliphatic carbocycles. The van der Waals surface area contributed by atoms with Crippen LogP contribution in [0, 0.1) is 12.3 Å². The number of rotatable bonds is 3. The topological polar surface area (TPSA) is 65.8 Å². The van der Waals surface area contributed by atoms with Gasteiger partial charge in [0.25, 0.3) is 0 Å². The molecule has 0 atom stereocenters. The first-order chi connectivity index (χ1) is 15.2. The minimum atomic E-state index is -0.141. The fraction of sp³-hybridized carbons (Fsp3) is 0.174. The number of carbonyl (C=O) groups excluding carboxylic acids is 1. The summed E-state index contributed by atoms with van der Waals surface area (Å²) in [6, 6.07) is 12.6. The molecule has 5 rings (SSSR count). The van der Waals surface area contributed by atoms with E-state index in [1.165, 1.54) is 11.3 Å². The van der Waals surface area contributed by atoms with Gasteiger partial charge in [-0.3, -0.25) is 5.32 Å². The van der Waals surface area contributed by atoms with Crippen LogP contribution in [0.25, 0.3) is 16.6 Å². The van der Waals surface area contributed by atoms with E-state index in [1.807, 2.05) is 29.2 Å². The highest BCUT2D eigenvalue weighted by molar-refractivity contribution is 7.10. The second kappa shape index (κ2) is 8.13. The third kappa shape index (κ3) is 3.83. The van der Waals surface area contributed by atoms with E-state index in [2.05, 4.69) is 56.4 Å². The van der Waals surface area contributed by atoms with E-state index in [9.17, 15) is 4.79 Å². The molecule has 31 heavy (non-hydrogen) atoms. The Balaban J connectivity index is 1.22. The van der Waals surface area contributed by atoms with Gasteiger partial charge in [-0.05, 0) is 29.7 Å². The monoisotopic (exact) mass is 428 g/mol. The van der Waals surface area contributed by atoms with Crippen LogP contribution in [0.4, 0.5) is 16.3 Å². The number of anilines is 2. The molecule has 4 heterocycles. The number of amides is 2. The molecular weight excluding hydrogens is 408 g/mol. The van der Waals surface area contributed by atoms with Crippen LogP contribution in [-0.4, -0.2) is 51.5 Å². The minimum Gasteiger partial charge on any atom is -0.368 e. The molecule has 1 aliphatic heterocycles. The van der Waals surface area contributed by atoms with Crippen molar-refractivity contribution in [1.29, 1.82) is 0 Å². The molecule has 0 spiro atoms. The third-order valence-electron chi connectivity index (χ3n) is 5.42. The summed E-state index contributed by atoms with van der Waals surface area (Å²) < 4.78 is 2.02. The number of imidazole rings is 1. The molecule has 0 radical (unpaired) electrons. The van der Waals surface area contributed by atoms with E-state index in [4.69, 9.17) is 6.42 Å². The highest BCUT2D eigenvalue weighted by atomic mass is 32.1.